The Kier molecular flexibility index (Phi) is 4.91. The zero-order valence-electron chi connectivity index (χ0n) is 12.8. The number of rotatable bonds is 4. The highest BCUT2D eigenvalue weighted by Gasteiger charge is 2.24. The molecule has 0 radical (unpaired) electrons. The van der Waals surface area contributed by atoms with E-state index < -0.39 is 15.7 Å². The number of hydrogen-bond donors (Lipinski definition) is 1. The molecule has 0 unspecified atom stereocenters. The van der Waals surface area contributed by atoms with Crippen molar-refractivity contribution in [2.75, 3.05) is 18.2 Å². The lowest BCUT2D eigenvalue weighted by atomic mass is 10.2. The summed E-state index contributed by atoms with van der Waals surface area (Å²) in [5, 5.41) is 3.43. The van der Waals surface area contributed by atoms with Crippen LogP contribution in [-0.4, -0.2) is 32.2 Å². The molecule has 0 aliphatic carbocycles. The largest absolute Gasteiger partial charge is 0.371 e. The van der Waals surface area contributed by atoms with Crippen LogP contribution in [0.15, 0.2) is 29.3 Å². The van der Waals surface area contributed by atoms with Gasteiger partial charge in [0.1, 0.15) is 20.9 Å². The number of amides is 1. The lowest BCUT2D eigenvalue weighted by Crippen LogP contribution is -2.13. The summed E-state index contributed by atoms with van der Waals surface area (Å²) >= 11 is 7.22. The highest BCUT2D eigenvalue weighted by molar-refractivity contribution is 7.91. The second-order valence-electron chi connectivity index (χ2n) is 5.41. The summed E-state index contributed by atoms with van der Waals surface area (Å²) in [6.07, 6.45) is 4.33. The molecule has 24 heavy (non-hydrogen) atoms. The van der Waals surface area contributed by atoms with E-state index in [1.165, 1.54) is 29.7 Å². The Labute approximate surface area is 148 Å². The van der Waals surface area contributed by atoms with Gasteiger partial charge in [0.25, 0.3) is 5.91 Å². The van der Waals surface area contributed by atoms with Gasteiger partial charge in [-0.05, 0) is 25.0 Å². The van der Waals surface area contributed by atoms with Crippen LogP contribution in [0.4, 0.5) is 5.69 Å². The zero-order chi connectivity index (χ0) is 17.3. The Hall–Kier alpha value is -1.48. The van der Waals surface area contributed by atoms with Crippen molar-refractivity contribution in [3.05, 3.63) is 39.3 Å². The van der Waals surface area contributed by atoms with E-state index in [9.17, 15) is 13.2 Å². The summed E-state index contributed by atoms with van der Waals surface area (Å²) < 4.78 is 29.4. The maximum absolute atomic E-state index is 12.4. The molecule has 128 valence electrons. The second-order valence-corrected chi connectivity index (χ2v) is 8.83. The maximum atomic E-state index is 12.4. The molecule has 1 N–H and O–H groups in total. The van der Waals surface area contributed by atoms with E-state index >= 15 is 0 Å². The molecule has 0 spiro atoms. The summed E-state index contributed by atoms with van der Waals surface area (Å²) in [6.45, 7) is 0.700. The number of anilines is 1. The van der Waals surface area contributed by atoms with Gasteiger partial charge < -0.3 is 10.1 Å². The molecule has 0 bridgehead atoms. The van der Waals surface area contributed by atoms with E-state index in [4.69, 9.17) is 16.3 Å². The van der Waals surface area contributed by atoms with Gasteiger partial charge in [-0.15, -0.1) is 11.3 Å². The summed E-state index contributed by atoms with van der Waals surface area (Å²) in [5.74, 6) is -0.427. The third kappa shape index (κ3) is 3.61. The number of halogens is 1. The van der Waals surface area contributed by atoms with Gasteiger partial charge in [0.2, 0.25) is 0 Å². The predicted molar refractivity (Wildman–Crippen MR) is 92.6 cm³/mol. The van der Waals surface area contributed by atoms with Crippen LogP contribution in [0.3, 0.4) is 0 Å². The van der Waals surface area contributed by atoms with Crippen LogP contribution >= 0.6 is 22.9 Å². The van der Waals surface area contributed by atoms with Crippen molar-refractivity contribution in [2.45, 2.75) is 23.8 Å². The van der Waals surface area contributed by atoms with Crippen molar-refractivity contribution in [3.8, 4) is 0 Å². The molecule has 1 aliphatic heterocycles. The molecule has 2 aromatic rings. The summed E-state index contributed by atoms with van der Waals surface area (Å²) in [7, 11) is -3.58. The Morgan fingerprint density at radius 3 is 2.92 bits per heavy atom. The molecule has 9 heteroatoms. The average Bonchev–Trinajstić information content (AvgIpc) is 3.17. The molecule has 6 nitrogen and oxygen atoms in total. The van der Waals surface area contributed by atoms with E-state index in [2.05, 4.69) is 10.3 Å². The monoisotopic (exact) mass is 386 g/mol. The minimum absolute atomic E-state index is 0.0608. The molecule has 1 fully saturated rings. The van der Waals surface area contributed by atoms with E-state index in [1.54, 1.807) is 6.07 Å². The van der Waals surface area contributed by atoms with Gasteiger partial charge in [0.05, 0.1) is 16.9 Å². The van der Waals surface area contributed by atoms with Crippen molar-refractivity contribution < 1.29 is 17.9 Å². The van der Waals surface area contributed by atoms with Gasteiger partial charge in [0, 0.05) is 12.9 Å². The summed E-state index contributed by atoms with van der Waals surface area (Å²) in [5.41, 5.74) is 0.155. The number of sulfone groups is 1. The molecule has 1 aromatic heterocycles. The van der Waals surface area contributed by atoms with E-state index in [-0.39, 0.29) is 21.7 Å². The minimum atomic E-state index is -3.58. The van der Waals surface area contributed by atoms with Crippen LogP contribution in [-0.2, 0) is 14.6 Å². The molecule has 1 saturated heterocycles. The van der Waals surface area contributed by atoms with E-state index in [0.29, 0.717) is 11.5 Å². The molecular formula is C15H15ClN2O4S2. The topological polar surface area (TPSA) is 85.4 Å². The number of hydrogen-bond acceptors (Lipinski definition) is 6. The number of aromatic nitrogens is 1. The maximum Gasteiger partial charge on any atom is 0.267 e. The Morgan fingerprint density at radius 1 is 1.46 bits per heavy atom. The number of ether oxygens (including phenoxy) is 1. The fourth-order valence-electron chi connectivity index (χ4n) is 2.48. The molecule has 0 saturated carbocycles. The SMILES string of the molecule is CS(=O)(=O)c1c(Cl)cccc1NC(=O)c1cnc([C@@H]2CCCO2)s1. The highest BCUT2D eigenvalue weighted by atomic mass is 35.5. The summed E-state index contributed by atoms with van der Waals surface area (Å²) in [4.78, 5) is 16.9. The number of benzene rings is 1. The first-order valence-corrected chi connectivity index (χ1v) is 10.3. The van der Waals surface area contributed by atoms with Crippen LogP contribution in [0.5, 0.6) is 0 Å². The quantitative estimate of drug-likeness (QED) is 0.871. The fraction of sp³-hybridized carbons (Fsp3) is 0.333. The number of carbonyl (C=O) groups is 1. The lowest BCUT2D eigenvalue weighted by Gasteiger charge is -2.10. The fourth-order valence-corrected chi connectivity index (χ4v) is 4.91. The first kappa shape index (κ1) is 17.3. The Bertz CT molecular complexity index is 873. The van der Waals surface area contributed by atoms with Crippen LogP contribution in [0.2, 0.25) is 5.02 Å². The first-order chi connectivity index (χ1) is 11.4. The molecule has 1 aliphatic rings. The number of carbonyl (C=O) groups excluding carboxylic acids is 1. The average molecular weight is 387 g/mol. The Morgan fingerprint density at radius 2 is 2.25 bits per heavy atom. The van der Waals surface area contributed by atoms with Crippen molar-refractivity contribution in [2.24, 2.45) is 0 Å². The zero-order valence-corrected chi connectivity index (χ0v) is 15.2. The normalized spacial score (nSPS) is 17.8. The van der Waals surface area contributed by atoms with Crippen molar-refractivity contribution >= 4 is 44.4 Å². The van der Waals surface area contributed by atoms with Crippen molar-refractivity contribution in [1.29, 1.82) is 0 Å². The molecule has 1 aromatic carbocycles. The third-order valence-electron chi connectivity index (χ3n) is 3.54. The van der Waals surface area contributed by atoms with Crippen LogP contribution in [0, 0.1) is 0 Å². The standard InChI is InChI=1S/C15H15ClN2O4S2/c1-24(20,21)13-9(16)4-2-5-10(13)18-14(19)12-8-17-15(23-12)11-6-3-7-22-11/h2,4-5,8,11H,3,6-7H2,1H3,(H,18,19)/t11-/m0/s1. The molecule has 1 atom stereocenters. The van der Waals surface area contributed by atoms with E-state index in [1.807, 2.05) is 0 Å². The number of nitrogens with zero attached hydrogens (tertiary/aromatic N) is 1. The van der Waals surface area contributed by atoms with Gasteiger partial charge in [-0.2, -0.15) is 0 Å². The number of thiazole rings is 1. The predicted octanol–water partition coefficient (Wildman–Crippen LogP) is 3.30. The smallest absolute Gasteiger partial charge is 0.267 e. The van der Waals surface area contributed by atoms with Gasteiger partial charge >= 0.3 is 0 Å². The minimum Gasteiger partial charge on any atom is -0.371 e. The molecule has 2 heterocycles. The highest BCUT2D eigenvalue weighted by Crippen LogP contribution is 2.33. The summed E-state index contributed by atoms with van der Waals surface area (Å²) in [6, 6.07) is 4.55. The second kappa shape index (κ2) is 6.79. The van der Waals surface area contributed by atoms with Gasteiger partial charge in [-0.3, -0.25) is 4.79 Å². The van der Waals surface area contributed by atoms with Crippen LogP contribution < -0.4 is 5.32 Å². The number of nitrogens with one attached hydrogen (secondary N) is 1. The van der Waals surface area contributed by atoms with Gasteiger partial charge in [-0.25, -0.2) is 13.4 Å². The van der Waals surface area contributed by atoms with Crippen LogP contribution in [0.1, 0.15) is 33.6 Å². The van der Waals surface area contributed by atoms with Crippen LogP contribution in [0.25, 0.3) is 0 Å². The first-order valence-electron chi connectivity index (χ1n) is 7.23. The third-order valence-corrected chi connectivity index (χ3v) is 6.24. The van der Waals surface area contributed by atoms with Gasteiger partial charge in [-0.1, -0.05) is 17.7 Å². The molecule has 3 rings (SSSR count). The molecular weight excluding hydrogens is 372 g/mol. The van der Waals surface area contributed by atoms with Crippen molar-refractivity contribution in [3.63, 3.8) is 0 Å². The lowest BCUT2D eigenvalue weighted by molar-refractivity contribution is 0.103. The van der Waals surface area contributed by atoms with Crippen molar-refractivity contribution in [1.82, 2.24) is 4.98 Å². The van der Waals surface area contributed by atoms with Gasteiger partial charge in [0.15, 0.2) is 9.84 Å². The Balaban J connectivity index is 1.84. The van der Waals surface area contributed by atoms with E-state index in [0.717, 1.165) is 24.1 Å². The molecule has 1 amide bonds.